The van der Waals surface area contributed by atoms with Gasteiger partial charge in [-0.1, -0.05) is 30.3 Å². The molecule has 0 saturated carbocycles. The highest BCUT2D eigenvalue weighted by Crippen LogP contribution is 2.31. The van der Waals surface area contributed by atoms with E-state index in [4.69, 9.17) is 9.72 Å². The molecule has 1 fully saturated rings. The van der Waals surface area contributed by atoms with Gasteiger partial charge in [-0.25, -0.2) is 4.39 Å². The van der Waals surface area contributed by atoms with Crippen LogP contribution in [0.25, 0.3) is 0 Å². The van der Waals surface area contributed by atoms with Gasteiger partial charge in [-0.15, -0.1) is 0 Å². The van der Waals surface area contributed by atoms with Gasteiger partial charge in [-0.2, -0.15) is 0 Å². The molecule has 1 amide bonds. The predicted octanol–water partition coefficient (Wildman–Crippen LogP) is 4.73. The molecule has 0 aliphatic carbocycles. The van der Waals surface area contributed by atoms with E-state index >= 15 is 0 Å². The van der Waals surface area contributed by atoms with Crippen LogP contribution in [-0.4, -0.2) is 29.4 Å². The van der Waals surface area contributed by atoms with Crippen molar-refractivity contribution in [3.8, 4) is 5.75 Å². The molecule has 1 aromatic heterocycles. The normalized spacial score (nSPS) is 15.9. The number of hydrogen-bond acceptors (Lipinski definition) is 3. The fourth-order valence-electron chi connectivity index (χ4n) is 3.99. The van der Waals surface area contributed by atoms with Gasteiger partial charge < -0.3 is 9.64 Å². The Balaban J connectivity index is 1.47. The average molecular weight is 404 g/mol. The summed E-state index contributed by atoms with van der Waals surface area (Å²) in [5, 5.41) is 0. The first-order valence-corrected chi connectivity index (χ1v) is 10.2. The quantitative estimate of drug-likeness (QED) is 0.597. The summed E-state index contributed by atoms with van der Waals surface area (Å²) in [5.41, 5.74) is 3.84. The average Bonchev–Trinajstić information content (AvgIpc) is 3.26. The lowest BCUT2D eigenvalue weighted by atomic mass is 10.1. The van der Waals surface area contributed by atoms with Crippen molar-refractivity contribution < 1.29 is 13.9 Å². The van der Waals surface area contributed by atoms with E-state index in [-0.39, 0.29) is 17.8 Å². The van der Waals surface area contributed by atoms with Crippen LogP contribution < -0.4 is 4.74 Å². The van der Waals surface area contributed by atoms with Gasteiger partial charge in [0.15, 0.2) is 0 Å². The molecule has 0 radical (unpaired) electrons. The van der Waals surface area contributed by atoms with Crippen LogP contribution in [0.3, 0.4) is 0 Å². The maximum atomic E-state index is 13.1. The first-order chi connectivity index (χ1) is 14.6. The van der Waals surface area contributed by atoms with Gasteiger partial charge in [0.25, 0.3) is 0 Å². The first-order valence-electron chi connectivity index (χ1n) is 10.2. The summed E-state index contributed by atoms with van der Waals surface area (Å²) in [6.07, 6.45) is 2.90. The Bertz CT molecular complexity index is 1000. The van der Waals surface area contributed by atoms with Gasteiger partial charge in [0.05, 0.1) is 25.3 Å². The second-order valence-electron chi connectivity index (χ2n) is 7.63. The number of rotatable bonds is 6. The molecule has 3 aromatic rings. The summed E-state index contributed by atoms with van der Waals surface area (Å²) < 4.78 is 18.3. The molecule has 154 valence electrons. The number of likely N-dealkylation sites (tertiary alicyclic amines) is 1. The molecule has 4 nitrogen and oxygen atoms in total. The summed E-state index contributed by atoms with van der Waals surface area (Å²) in [7, 11) is 1.63. The van der Waals surface area contributed by atoms with E-state index in [0.29, 0.717) is 12.8 Å². The Kier molecular flexibility index (Phi) is 6.07. The van der Waals surface area contributed by atoms with E-state index < -0.39 is 0 Å². The van der Waals surface area contributed by atoms with Crippen LogP contribution in [0.5, 0.6) is 5.75 Å². The second-order valence-corrected chi connectivity index (χ2v) is 7.63. The van der Waals surface area contributed by atoms with E-state index in [1.54, 1.807) is 19.2 Å². The fourth-order valence-corrected chi connectivity index (χ4v) is 3.99. The van der Waals surface area contributed by atoms with Crippen molar-refractivity contribution in [1.29, 1.82) is 0 Å². The van der Waals surface area contributed by atoms with Crippen LogP contribution in [0, 0.1) is 5.82 Å². The van der Waals surface area contributed by atoms with Gasteiger partial charge in [0.1, 0.15) is 11.6 Å². The molecular formula is C25H25FN2O2. The van der Waals surface area contributed by atoms with Crippen molar-refractivity contribution in [2.45, 2.75) is 31.7 Å². The smallest absolute Gasteiger partial charge is 0.227 e. The Morgan fingerprint density at radius 3 is 2.53 bits per heavy atom. The fraction of sp³-hybridized carbons (Fsp3) is 0.280. The molecule has 1 atom stereocenters. The highest BCUT2D eigenvalue weighted by Gasteiger charge is 2.30. The highest BCUT2D eigenvalue weighted by molar-refractivity contribution is 5.79. The van der Waals surface area contributed by atoms with E-state index in [1.807, 2.05) is 47.4 Å². The van der Waals surface area contributed by atoms with Crippen LogP contribution in [0.1, 0.15) is 41.4 Å². The minimum atomic E-state index is -0.238. The molecule has 0 bridgehead atoms. The summed E-state index contributed by atoms with van der Waals surface area (Å²) in [5.74, 6) is 0.665. The number of carbonyl (C=O) groups is 1. The van der Waals surface area contributed by atoms with E-state index in [2.05, 4.69) is 0 Å². The van der Waals surface area contributed by atoms with Crippen molar-refractivity contribution >= 4 is 5.91 Å². The third-order valence-electron chi connectivity index (χ3n) is 5.56. The molecule has 5 heteroatoms. The van der Waals surface area contributed by atoms with Crippen molar-refractivity contribution in [1.82, 2.24) is 9.88 Å². The lowest BCUT2D eigenvalue weighted by Crippen LogP contribution is -2.32. The molecular weight excluding hydrogens is 379 g/mol. The van der Waals surface area contributed by atoms with Gasteiger partial charge in [-0.05, 0) is 60.4 Å². The Morgan fingerprint density at radius 1 is 1.07 bits per heavy atom. The minimum absolute atomic E-state index is 0.00363. The number of pyridine rings is 1. The van der Waals surface area contributed by atoms with Gasteiger partial charge in [0.2, 0.25) is 5.91 Å². The number of ether oxygens (including phenoxy) is 1. The van der Waals surface area contributed by atoms with Crippen LogP contribution in [-0.2, 0) is 17.6 Å². The third-order valence-corrected chi connectivity index (χ3v) is 5.56. The molecule has 2 heterocycles. The van der Waals surface area contributed by atoms with Gasteiger partial charge in [-0.3, -0.25) is 9.78 Å². The van der Waals surface area contributed by atoms with Gasteiger partial charge in [0, 0.05) is 18.7 Å². The lowest BCUT2D eigenvalue weighted by Gasteiger charge is -2.25. The number of benzene rings is 2. The zero-order valence-corrected chi connectivity index (χ0v) is 17.1. The number of halogens is 1. The second kappa shape index (κ2) is 9.08. The Morgan fingerprint density at radius 2 is 1.80 bits per heavy atom. The number of methoxy groups -OCH3 is 1. The molecule has 1 aliphatic rings. The highest BCUT2D eigenvalue weighted by atomic mass is 19.1. The summed E-state index contributed by atoms with van der Waals surface area (Å²) in [6, 6.07) is 20.1. The summed E-state index contributed by atoms with van der Waals surface area (Å²) in [6.45, 7) is 0.753. The summed E-state index contributed by atoms with van der Waals surface area (Å²) >= 11 is 0. The molecule has 1 saturated heterocycles. The standard InChI is InChI=1S/C25H25FN2O2/c1-30-22-13-9-19(10-14-22)17-25(29)28-15-3-6-24(28)23-5-2-4-21(27-23)16-18-7-11-20(26)12-8-18/h2,4-5,7-14,24H,3,6,15-17H2,1H3/t24-/m0/s1. The molecule has 2 aromatic carbocycles. The lowest BCUT2D eigenvalue weighted by molar-refractivity contribution is -0.131. The number of carbonyl (C=O) groups excluding carboxylic acids is 1. The monoisotopic (exact) mass is 404 g/mol. The van der Waals surface area contributed by atoms with E-state index in [9.17, 15) is 9.18 Å². The first kappa shape index (κ1) is 20.1. The molecule has 30 heavy (non-hydrogen) atoms. The van der Waals surface area contributed by atoms with Crippen LogP contribution in [0.15, 0.2) is 66.7 Å². The van der Waals surface area contributed by atoms with E-state index in [1.165, 1.54) is 12.1 Å². The molecule has 0 spiro atoms. The zero-order valence-electron chi connectivity index (χ0n) is 17.1. The number of amides is 1. The van der Waals surface area contributed by atoms with E-state index in [0.717, 1.165) is 47.7 Å². The molecule has 0 N–H and O–H groups in total. The van der Waals surface area contributed by atoms with Crippen LogP contribution in [0.2, 0.25) is 0 Å². The van der Waals surface area contributed by atoms with Crippen molar-refractivity contribution in [3.05, 3.63) is 95.1 Å². The molecule has 1 aliphatic heterocycles. The maximum Gasteiger partial charge on any atom is 0.227 e. The molecule has 0 unspecified atom stereocenters. The minimum Gasteiger partial charge on any atom is -0.497 e. The molecule has 4 rings (SSSR count). The van der Waals surface area contributed by atoms with Crippen LogP contribution >= 0.6 is 0 Å². The largest absolute Gasteiger partial charge is 0.497 e. The summed E-state index contributed by atoms with van der Waals surface area (Å²) in [4.78, 5) is 19.8. The third kappa shape index (κ3) is 4.67. The topological polar surface area (TPSA) is 42.4 Å². The van der Waals surface area contributed by atoms with Crippen LogP contribution in [0.4, 0.5) is 4.39 Å². The van der Waals surface area contributed by atoms with Crippen molar-refractivity contribution in [2.75, 3.05) is 13.7 Å². The number of hydrogen-bond donors (Lipinski definition) is 0. The maximum absolute atomic E-state index is 13.1. The SMILES string of the molecule is COc1ccc(CC(=O)N2CCC[C@H]2c2cccc(Cc3ccc(F)cc3)n2)cc1. The van der Waals surface area contributed by atoms with Crippen molar-refractivity contribution in [2.24, 2.45) is 0 Å². The number of nitrogens with zero attached hydrogens (tertiary/aromatic N) is 2. The Hall–Kier alpha value is -3.21. The van der Waals surface area contributed by atoms with Gasteiger partial charge >= 0.3 is 0 Å². The zero-order chi connectivity index (χ0) is 20.9. The predicted molar refractivity (Wildman–Crippen MR) is 114 cm³/mol. The Labute approximate surface area is 176 Å². The van der Waals surface area contributed by atoms with Crippen molar-refractivity contribution in [3.63, 3.8) is 0 Å². The number of aromatic nitrogens is 1.